The second-order valence-electron chi connectivity index (χ2n) is 2.81. The van der Waals surface area contributed by atoms with Crippen LogP contribution in [0.2, 0.25) is 0 Å². The number of ether oxygens (including phenoxy) is 2. The van der Waals surface area contributed by atoms with E-state index >= 15 is 0 Å². The van der Waals surface area contributed by atoms with Crippen molar-refractivity contribution in [1.29, 1.82) is 0 Å². The van der Waals surface area contributed by atoms with E-state index in [0.29, 0.717) is 5.75 Å². The zero-order chi connectivity index (χ0) is 11.5. The molecule has 0 spiro atoms. The molecule has 0 saturated heterocycles. The number of halogens is 3. The summed E-state index contributed by atoms with van der Waals surface area (Å²) in [6, 6.07) is 4.09. The first-order valence-corrected chi connectivity index (χ1v) is 4.05. The average molecular weight is 221 g/mol. The number of rotatable bonds is 3. The van der Waals surface area contributed by atoms with Crippen molar-refractivity contribution >= 4 is 5.69 Å². The molecular formula is C9H10F3NO2. The van der Waals surface area contributed by atoms with Gasteiger partial charge in [0.2, 0.25) is 0 Å². The SMILES string of the molecule is COc1ccc(OCC(F)(F)F)cc1N. The van der Waals surface area contributed by atoms with E-state index in [1.54, 1.807) is 0 Å². The first-order valence-electron chi connectivity index (χ1n) is 4.05. The number of hydrogen-bond donors (Lipinski definition) is 1. The van der Waals surface area contributed by atoms with Gasteiger partial charge in [-0.05, 0) is 12.1 Å². The lowest BCUT2D eigenvalue weighted by Crippen LogP contribution is -2.19. The fraction of sp³-hybridized carbons (Fsp3) is 0.333. The highest BCUT2D eigenvalue weighted by Crippen LogP contribution is 2.27. The summed E-state index contributed by atoms with van der Waals surface area (Å²) >= 11 is 0. The predicted octanol–water partition coefficient (Wildman–Crippen LogP) is 2.22. The number of nitrogens with two attached hydrogens (primary N) is 1. The molecule has 0 aromatic heterocycles. The third-order valence-corrected chi connectivity index (χ3v) is 1.60. The topological polar surface area (TPSA) is 44.5 Å². The number of hydrogen-bond acceptors (Lipinski definition) is 3. The van der Waals surface area contributed by atoms with E-state index in [0.717, 1.165) is 0 Å². The van der Waals surface area contributed by atoms with Crippen molar-refractivity contribution in [3.05, 3.63) is 18.2 Å². The van der Waals surface area contributed by atoms with Crippen molar-refractivity contribution < 1.29 is 22.6 Å². The van der Waals surface area contributed by atoms with E-state index in [4.69, 9.17) is 10.5 Å². The number of methoxy groups -OCH3 is 1. The largest absolute Gasteiger partial charge is 0.495 e. The summed E-state index contributed by atoms with van der Waals surface area (Å²) in [6.07, 6.45) is -4.35. The first kappa shape index (κ1) is 11.5. The highest BCUT2D eigenvalue weighted by Gasteiger charge is 2.28. The third kappa shape index (κ3) is 3.57. The maximum atomic E-state index is 11.8. The molecule has 1 rings (SSSR count). The van der Waals surface area contributed by atoms with Gasteiger partial charge in [0, 0.05) is 6.07 Å². The summed E-state index contributed by atoms with van der Waals surface area (Å²) in [6.45, 7) is -1.33. The number of anilines is 1. The second-order valence-corrected chi connectivity index (χ2v) is 2.81. The van der Waals surface area contributed by atoms with Gasteiger partial charge in [-0.25, -0.2) is 0 Å². The Balaban J connectivity index is 2.68. The summed E-state index contributed by atoms with van der Waals surface area (Å²) < 4.78 is 44.8. The molecule has 0 atom stereocenters. The van der Waals surface area contributed by atoms with Crippen molar-refractivity contribution in [3.63, 3.8) is 0 Å². The maximum Gasteiger partial charge on any atom is 0.422 e. The smallest absolute Gasteiger partial charge is 0.422 e. The highest BCUT2D eigenvalue weighted by atomic mass is 19.4. The molecule has 84 valence electrons. The van der Waals surface area contributed by atoms with Crippen LogP contribution in [-0.4, -0.2) is 19.9 Å². The second kappa shape index (κ2) is 4.29. The summed E-state index contributed by atoms with van der Waals surface area (Å²) in [7, 11) is 1.42. The molecular weight excluding hydrogens is 211 g/mol. The van der Waals surface area contributed by atoms with Gasteiger partial charge in [0.1, 0.15) is 11.5 Å². The first-order chi connectivity index (χ1) is 6.92. The number of nitrogen functional groups attached to an aromatic ring is 1. The number of alkyl halides is 3. The van der Waals surface area contributed by atoms with Gasteiger partial charge in [-0.1, -0.05) is 0 Å². The molecule has 0 heterocycles. The standard InChI is InChI=1S/C9H10F3NO2/c1-14-8-3-2-6(4-7(8)13)15-5-9(10,11)12/h2-4H,5,13H2,1H3. The van der Waals surface area contributed by atoms with Crippen molar-refractivity contribution in [2.75, 3.05) is 19.5 Å². The quantitative estimate of drug-likeness (QED) is 0.796. The van der Waals surface area contributed by atoms with Crippen LogP contribution in [0.25, 0.3) is 0 Å². The van der Waals surface area contributed by atoms with Gasteiger partial charge < -0.3 is 15.2 Å². The Morgan fingerprint density at radius 3 is 2.47 bits per heavy atom. The molecule has 2 N–H and O–H groups in total. The van der Waals surface area contributed by atoms with Crippen LogP contribution in [0.1, 0.15) is 0 Å². The Morgan fingerprint density at radius 1 is 1.33 bits per heavy atom. The van der Waals surface area contributed by atoms with Crippen LogP contribution >= 0.6 is 0 Å². The highest BCUT2D eigenvalue weighted by molar-refractivity contribution is 5.56. The molecule has 0 fully saturated rings. The molecule has 1 aromatic rings. The Morgan fingerprint density at radius 2 is 2.00 bits per heavy atom. The fourth-order valence-electron chi connectivity index (χ4n) is 0.967. The van der Waals surface area contributed by atoms with Crippen molar-refractivity contribution in [2.24, 2.45) is 0 Å². The molecule has 0 aliphatic rings. The Hall–Kier alpha value is -1.59. The monoisotopic (exact) mass is 221 g/mol. The van der Waals surface area contributed by atoms with Crippen LogP contribution in [0.15, 0.2) is 18.2 Å². The fourth-order valence-corrected chi connectivity index (χ4v) is 0.967. The minimum atomic E-state index is -4.35. The maximum absolute atomic E-state index is 11.8. The van der Waals surface area contributed by atoms with E-state index in [1.165, 1.54) is 25.3 Å². The molecule has 0 saturated carbocycles. The normalized spacial score (nSPS) is 11.2. The molecule has 6 heteroatoms. The van der Waals surface area contributed by atoms with Crippen LogP contribution in [0, 0.1) is 0 Å². The predicted molar refractivity (Wildman–Crippen MR) is 49.0 cm³/mol. The Bertz CT molecular complexity index is 339. The van der Waals surface area contributed by atoms with Crippen LogP contribution in [0.5, 0.6) is 11.5 Å². The van der Waals surface area contributed by atoms with Crippen LogP contribution in [0.4, 0.5) is 18.9 Å². The molecule has 3 nitrogen and oxygen atoms in total. The number of benzene rings is 1. The summed E-state index contributed by atoms with van der Waals surface area (Å²) in [5.41, 5.74) is 5.72. The average Bonchev–Trinajstić information content (AvgIpc) is 2.14. The third-order valence-electron chi connectivity index (χ3n) is 1.60. The van der Waals surface area contributed by atoms with Gasteiger partial charge in [-0.15, -0.1) is 0 Å². The van der Waals surface area contributed by atoms with Crippen LogP contribution in [-0.2, 0) is 0 Å². The van der Waals surface area contributed by atoms with Crippen molar-refractivity contribution in [3.8, 4) is 11.5 Å². The van der Waals surface area contributed by atoms with Crippen LogP contribution in [0.3, 0.4) is 0 Å². The van der Waals surface area contributed by atoms with Crippen molar-refractivity contribution in [2.45, 2.75) is 6.18 Å². The van der Waals surface area contributed by atoms with E-state index in [-0.39, 0.29) is 11.4 Å². The van der Waals surface area contributed by atoms with Gasteiger partial charge >= 0.3 is 6.18 Å². The van der Waals surface area contributed by atoms with Gasteiger partial charge in [0.05, 0.1) is 12.8 Å². The Kier molecular flexibility index (Phi) is 3.28. The molecule has 15 heavy (non-hydrogen) atoms. The minimum Gasteiger partial charge on any atom is -0.495 e. The molecule has 1 aromatic carbocycles. The lowest BCUT2D eigenvalue weighted by atomic mass is 10.3. The summed E-state index contributed by atoms with van der Waals surface area (Å²) in [5, 5.41) is 0. The van der Waals surface area contributed by atoms with Gasteiger partial charge in [-0.3, -0.25) is 0 Å². The van der Waals surface area contributed by atoms with Crippen molar-refractivity contribution in [1.82, 2.24) is 0 Å². The lowest BCUT2D eigenvalue weighted by molar-refractivity contribution is -0.153. The van der Waals surface area contributed by atoms with E-state index in [1.807, 2.05) is 0 Å². The molecule has 0 bridgehead atoms. The molecule has 0 aliphatic carbocycles. The lowest BCUT2D eigenvalue weighted by Gasteiger charge is -2.10. The molecule has 0 aliphatic heterocycles. The van der Waals surface area contributed by atoms with Gasteiger partial charge in [0.25, 0.3) is 0 Å². The van der Waals surface area contributed by atoms with E-state index in [9.17, 15) is 13.2 Å². The van der Waals surface area contributed by atoms with E-state index < -0.39 is 12.8 Å². The molecule has 0 unspecified atom stereocenters. The van der Waals surface area contributed by atoms with Crippen LogP contribution < -0.4 is 15.2 Å². The summed E-state index contributed by atoms with van der Waals surface area (Å²) in [4.78, 5) is 0. The zero-order valence-electron chi connectivity index (χ0n) is 7.97. The molecule has 0 amide bonds. The zero-order valence-corrected chi connectivity index (χ0v) is 7.97. The minimum absolute atomic E-state index is 0.0608. The molecule has 0 radical (unpaired) electrons. The van der Waals surface area contributed by atoms with E-state index in [2.05, 4.69) is 4.74 Å². The Labute approximate surface area is 84.6 Å². The summed E-state index contributed by atoms with van der Waals surface area (Å²) in [5.74, 6) is 0.458. The van der Waals surface area contributed by atoms with Gasteiger partial charge in [0.15, 0.2) is 6.61 Å². The van der Waals surface area contributed by atoms with Gasteiger partial charge in [-0.2, -0.15) is 13.2 Å².